The predicted molar refractivity (Wildman–Crippen MR) is 33.5 cm³/mol. The number of hydrogen-bond acceptors (Lipinski definition) is 0. The van der Waals surface area contributed by atoms with E-state index < -0.39 is 0 Å². The van der Waals surface area contributed by atoms with Crippen LogP contribution in [0.2, 0.25) is 0 Å². The molecule has 0 heterocycles. The van der Waals surface area contributed by atoms with Crippen molar-refractivity contribution in [2.45, 2.75) is 6.42 Å². The van der Waals surface area contributed by atoms with Gasteiger partial charge in [0.2, 0.25) is 0 Å². The monoisotopic (exact) mass is 117 g/mol. The third kappa shape index (κ3) is 0.921. The van der Waals surface area contributed by atoms with Crippen molar-refractivity contribution < 1.29 is 5.26 Å². The molecule has 0 fully saturated rings. The summed E-state index contributed by atoms with van der Waals surface area (Å²) in [6.07, 6.45) is 1.22. The lowest BCUT2D eigenvalue weighted by molar-refractivity contribution is -0.0997. The van der Waals surface area contributed by atoms with Crippen LogP contribution in [0.1, 0.15) is 11.1 Å². The molecule has 9 heavy (non-hydrogen) atoms. The van der Waals surface area contributed by atoms with Gasteiger partial charge in [-0.2, -0.15) is 0 Å². The molecule has 1 aromatic rings. The smallest absolute Gasteiger partial charge is 0.00256 e. The van der Waals surface area contributed by atoms with Gasteiger partial charge in [-0.05, 0) is 17.5 Å². The average molecular weight is 117 g/mol. The van der Waals surface area contributed by atoms with E-state index in [9.17, 15) is 0 Å². The fourth-order valence-electron chi connectivity index (χ4n) is 0.954. The maximum Gasteiger partial charge on any atom is -0.00256 e. The lowest BCUT2D eigenvalue weighted by Crippen LogP contribution is -2.10. The van der Waals surface area contributed by atoms with Crippen LogP contribution in [0.15, 0.2) is 24.3 Å². The van der Waals surface area contributed by atoms with Gasteiger partial charge < -0.3 is 5.26 Å². The average Bonchev–Trinajstić information content (AvgIpc) is 1.93. The van der Waals surface area contributed by atoms with Crippen LogP contribution < -0.4 is 5.26 Å². The van der Waals surface area contributed by atoms with Crippen LogP contribution in [0.5, 0.6) is 0 Å². The van der Waals surface area contributed by atoms with Gasteiger partial charge in [0.25, 0.3) is 0 Å². The Bertz CT molecular complexity index is 200. The second kappa shape index (κ2) is 2.32. The highest BCUT2D eigenvalue weighted by Gasteiger charge is 2.04. The molecule has 1 heteroatoms. The van der Waals surface area contributed by atoms with E-state index in [-0.39, 0.29) is 0 Å². The van der Waals surface area contributed by atoms with Crippen molar-refractivity contribution in [1.82, 2.24) is 0 Å². The lowest BCUT2D eigenvalue weighted by Gasteiger charge is -2.11. The molecule has 2 aliphatic rings. The van der Waals surface area contributed by atoms with Gasteiger partial charge >= 0.3 is 0 Å². The number of fused-ring (bicyclic) bond motifs is 2. The number of rotatable bonds is 0. The summed E-state index contributed by atoms with van der Waals surface area (Å²) in [5.74, 6) is 0. The zero-order chi connectivity index (χ0) is 6.69. The molecule has 0 aliphatic heterocycles. The Morgan fingerprint density at radius 2 is 1.67 bits per heavy atom. The van der Waals surface area contributed by atoms with Crippen molar-refractivity contribution in [3.05, 3.63) is 42.0 Å². The summed E-state index contributed by atoms with van der Waals surface area (Å²) in [5.41, 5.74) is 2.97. The first kappa shape index (κ1) is 5.84. The highest BCUT2D eigenvalue weighted by atomic mass is 14.2. The van der Waals surface area contributed by atoms with Crippen molar-refractivity contribution in [2.24, 2.45) is 0 Å². The first-order valence-corrected chi connectivity index (χ1v) is 2.78. The molecule has 0 unspecified atom stereocenters. The number of hydrogen-bond donors (Lipinski definition) is 1. The largest absolute Gasteiger partial charge is 0.335 e. The van der Waals surface area contributed by atoms with Crippen LogP contribution in [0.4, 0.5) is 0 Å². The molecule has 1 N–H and O–H groups in total. The standard InChI is InChI=1S/C7H6.CHN/c1-2-6-4-7(3-1)5-6;1-2/h1-4H,5H2;2H. The molecule has 2 aliphatic carbocycles. The van der Waals surface area contributed by atoms with E-state index >= 15 is 0 Å². The molecule has 1 nitrogen and oxygen atoms in total. The minimum absolute atomic E-state index is 1.22. The van der Waals surface area contributed by atoms with Gasteiger partial charge in [0.15, 0.2) is 0 Å². The Balaban J connectivity index is 0.000000186. The van der Waals surface area contributed by atoms with E-state index in [2.05, 4.69) is 24.3 Å². The fraction of sp³-hybridized carbons (Fsp3) is 0.125. The van der Waals surface area contributed by atoms with Crippen molar-refractivity contribution >= 4 is 0 Å². The van der Waals surface area contributed by atoms with Crippen molar-refractivity contribution in [1.29, 1.82) is 0 Å². The summed E-state index contributed by atoms with van der Waals surface area (Å²) in [5, 5.41) is 5.00. The molecule has 0 aromatic heterocycles. The summed E-state index contributed by atoms with van der Waals surface area (Å²) >= 11 is 0. The molecule has 0 radical (unpaired) electrons. The summed E-state index contributed by atoms with van der Waals surface area (Å²) < 4.78 is 0. The predicted octanol–water partition coefficient (Wildman–Crippen LogP) is -0.0637. The molecule has 0 atom stereocenters. The third-order valence-corrected chi connectivity index (χ3v) is 1.40. The van der Waals surface area contributed by atoms with Gasteiger partial charge in [0.05, 0.1) is 0 Å². The molecule has 1 aromatic carbocycles. The first-order chi connectivity index (χ1) is 4.45. The van der Waals surface area contributed by atoms with Gasteiger partial charge in [-0.15, -0.1) is 0 Å². The zero-order valence-corrected chi connectivity index (χ0v) is 5.02. The third-order valence-electron chi connectivity index (χ3n) is 1.40. The Morgan fingerprint density at radius 1 is 1.22 bits per heavy atom. The Labute approximate surface area is 54.6 Å². The summed E-state index contributed by atoms with van der Waals surface area (Å²) in [6.45, 7) is 5.00. The highest BCUT2D eigenvalue weighted by molar-refractivity contribution is 5.37. The molecule has 0 saturated carbocycles. The number of nitrogens with one attached hydrogen (secondary N) is 1. The Hall–Kier alpha value is -1.29. The Kier molecular flexibility index (Phi) is 1.51. The second-order valence-corrected chi connectivity index (χ2v) is 2.00. The van der Waals surface area contributed by atoms with Crippen LogP contribution in [0.3, 0.4) is 0 Å². The van der Waals surface area contributed by atoms with Crippen LogP contribution >= 0.6 is 0 Å². The molecule has 3 rings (SSSR count). The van der Waals surface area contributed by atoms with Crippen LogP contribution in [0, 0.1) is 6.57 Å². The van der Waals surface area contributed by atoms with Gasteiger partial charge in [-0.1, -0.05) is 24.3 Å². The maximum absolute atomic E-state index is 5.00. The molecule has 2 bridgehead atoms. The molecule has 0 saturated heterocycles. The summed E-state index contributed by atoms with van der Waals surface area (Å²) in [4.78, 5) is 0. The second-order valence-electron chi connectivity index (χ2n) is 2.00. The van der Waals surface area contributed by atoms with E-state index in [0.717, 1.165) is 0 Å². The SMILES string of the molecule is [C-]#[NH+].c1cc2cc(c1)C2. The van der Waals surface area contributed by atoms with Crippen molar-refractivity contribution in [2.75, 3.05) is 0 Å². The molecule has 44 valence electrons. The van der Waals surface area contributed by atoms with Crippen LogP contribution in [-0.4, -0.2) is 0 Å². The normalized spacial score (nSPS) is 10.4. The van der Waals surface area contributed by atoms with Gasteiger partial charge in [0.1, 0.15) is 0 Å². The summed E-state index contributed by atoms with van der Waals surface area (Å²) in [7, 11) is 0. The maximum atomic E-state index is 5.00. The molecule has 0 amide bonds. The molecular formula is C8H7N. The van der Waals surface area contributed by atoms with Gasteiger partial charge in [-0.3, -0.25) is 0 Å². The van der Waals surface area contributed by atoms with Crippen LogP contribution in [-0.2, 0) is 6.42 Å². The molecule has 0 spiro atoms. The lowest BCUT2D eigenvalue weighted by atomic mass is 9.94. The quantitative estimate of drug-likeness (QED) is 0.467. The minimum Gasteiger partial charge on any atom is -0.335 e. The van der Waals surface area contributed by atoms with Crippen molar-refractivity contribution in [3.63, 3.8) is 0 Å². The van der Waals surface area contributed by atoms with E-state index in [4.69, 9.17) is 11.8 Å². The van der Waals surface area contributed by atoms with E-state index in [1.165, 1.54) is 17.5 Å². The first-order valence-electron chi connectivity index (χ1n) is 2.78. The van der Waals surface area contributed by atoms with E-state index in [0.29, 0.717) is 0 Å². The number of benzene rings is 1. The fourth-order valence-corrected chi connectivity index (χ4v) is 0.954. The topological polar surface area (TPSA) is 23.8 Å². The Morgan fingerprint density at radius 3 is 1.78 bits per heavy atom. The van der Waals surface area contributed by atoms with Gasteiger partial charge in [-0.25, -0.2) is 6.57 Å². The highest BCUT2D eigenvalue weighted by Crippen LogP contribution is 2.18. The van der Waals surface area contributed by atoms with E-state index in [1.54, 1.807) is 0 Å². The zero-order valence-electron chi connectivity index (χ0n) is 5.02. The van der Waals surface area contributed by atoms with Crippen molar-refractivity contribution in [3.8, 4) is 0 Å². The minimum atomic E-state index is 1.22. The van der Waals surface area contributed by atoms with Gasteiger partial charge in [0, 0.05) is 0 Å². The summed E-state index contributed by atoms with van der Waals surface area (Å²) in [6, 6.07) is 8.65. The molecular weight excluding hydrogens is 110 g/mol. The van der Waals surface area contributed by atoms with E-state index in [1.807, 2.05) is 0 Å². The van der Waals surface area contributed by atoms with Crippen LogP contribution in [0.25, 0.3) is 0 Å².